The Bertz CT molecular complexity index is 772. The molecule has 4 nitrogen and oxygen atoms in total. The van der Waals surface area contributed by atoms with Crippen molar-refractivity contribution in [2.24, 2.45) is 0 Å². The lowest BCUT2D eigenvalue weighted by Crippen LogP contribution is -2.11. The molecular formula is C17H22NO3PS. The lowest BCUT2D eigenvalue weighted by molar-refractivity contribution is 0.0703. The number of thiophene rings is 1. The van der Waals surface area contributed by atoms with Crippen molar-refractivity contribution in [3.05, 3.63) is 45.6 Å². The SMILES string of the molecule is Cc1ccc(P(C)(=O)Nc2cc(C(C)(C)C)sc2C(=O)O)cc1. The molecule has 0 saturated carbocycles. The first-order valence-electron chi connectivity index (χ1n) is 7.31. The first-order valence-corrected chi connectivity index (χ1v) is 10.3. The molecule has 0 aliphatic carbocycles. The molecule has 124 valence electrons. The molecule has 1 aromatic carbocycles. The van der Waals surface area contributed by atoms with Crippen LogP contribution in [0.5, 0.6) is 0 Å². The van der Waals surface area contributed by atoms with Crippen LogP contribution in [0.3, 0.4) is 0 Å². The zero-order valence-corrected chi connectivity index (χ0v) is 15.7. The second-order valence-corrected chi connectivity index (χ2v) is 10.4. The van der Waals surface area contributed by atoms with E-state index in [2.05, 4.69) is 5.09 Å². The van der Waals surface area contributed by atoms with Crippen LogP contribution in [-0.4, -0.2) is 17.7 Å². The number of hydrogen-bond acceptors (Lipinski definition) is 3. The zero-order chi connectivity index (χ0) is 17.4. The molecule has 0 amide bonds. The van der Waals surface area contributed by atoms with Gasteiger partial charge in [-0.2, -0.15) is 0 Å². The van der Waals surface area contributed by atoms with Crippen molar-refractivity contribution in [3.63, 3.8) is 0 Å². The number of anilines is 1. The Hall–Kier alpha value is -1.58. The summed E-state index contributed by atoms with van der Waals surface area (Å²) in [7, 11) is -2.90. The number of carboxylic acid groups (broad SMARTS) is 1. The Morgan fingerprint density at radius 3 is 2.26 bits per heavy atom. The van der Waals surface area contributed by atoms with Crippen LogP contribution < -0.4 is 10.4 Å². The first-order chi connectivity index (χ1) is 10.5. The minimum atomic E-state index is -2.90. The van der Waals surface area contributed by atoms with E-state index in [4.69, 9.17) is 0 Å². The molecule has 1 aromatic heterocycles. The summed E-state index contributed by atoms with van der Waals surface area (Å²) in [6.45, 7) is 9.67. The highest BCUT2D eigenvalue weighted by molar-refractivity contribution is 7.72. The van der Waals surface area contributed by atoms with E-state index in [9.17, 15) is 14.5 Å². The number of carboxylic acids is 1. The molecule has 0 bridgehead atoms. The van der Waals surface area contributed by atoms with Crippen LogP contribution in [0.25, 0.3) is 0 Å². The molecule has 0 aliphatic rings. The molecular weight excluding hydrogens is 329 g/mol. The average molecular weight is 351 g/mol. The number of carbonyl (C=O) groups is 1. The molecule has 6 heteroatoms. The first kappa shape index (κ1) is 17.8. The minimum Gasteiger partial charge on any atom is -0.477 e. The van der Waals surface area contributed by atoms with Crippen LogP contribution >= 0.6 is 18.6 Å². The number of aromatic carboxylic acids is 1. The standard InChI is InChI=1S/C17H22NO3PS/c1-11-6-8-12(9-7-11)22(5,21)18-13-10-14(17(2,3)4)23-15(13)16(19)20/h6-10H,1-5H3,(H,18,21)(H,19,20). The normalized spacial score (nSPS) is 14.3. The summed E-state index contributed by atoms with van der Waals surface area (Å²) >= 11 is 1.23. The Morgan fingerprint density at radius 2 is 1.78 bits per heavy atom. The number of rotatable bonds is 4. The van der Waals surface area contributed by atoms with Crippen LogP contribution in [0.4, 0.5) is 5.69 Å². The number of aryl methyl sites for hydroxylation is 1. The van der Waals surface area contributed by atoms with E-state index >= 15 is 0 Å². The topological polar surface area (TPSA) is 66.4 Å². The highest BCUT2D eigenvalue weighted by Crippen LogP contribution is 2.44. The Kier molecular flexibility index (Phi) is 4.74. The lowest BCUT2D eigenvalue weighted by Gasteiger charge is -2.17. The summed E-state index contributed by atoms with van der Waals surface area (Å²) in [5.41, 5.74) is 1.36. The fourth-order valence-corrected chi connectivity index (χ4v) is 4.70. The fraction of sp³-hybridized carbons (Fsp3) is 0.353. The molecule has 0 spiro atoms. The molecule has 1 atom stereocenters. The lowest BCUT2D eigenvalue weighted by atomic mass is 9.95. The maximum absolute atomic E-state index is 13.0. The largest absolute Gasteiger partial charge is 0.477 e. The van der Waals surface area contributed by atoms with Crippen LogP contribution in [0.15, 0.2) is 30.3 Å². The minimum absolute atomic E-state index is 0.156. The molecule has 0 saturated heterocycles. The highest BCUT2D eigenvalue weighted by Gasteiger charge is 2.26. The number of benzene rings is 1. The maximum Gasteiger partial charge on any atom is 0.348 e. The molecule has 2 N–H and O–H groups in total. The van der Waals surface area contributed by atoms with Gasteiger partial charge in [-0.05, 0) is 30.5 Å². The second kappa shape index (κ2) is 6.14. The van der Waals surface area contributed by atoms with E-state index in [1.807, 2.05) is 52.0 Å². The van der Waals surface area contributed by atoms with E-state index in [0.29, 0.717) is 11.0 Å². The molecule has 23 heavy (non-hydrogen) atoms. The zero-order valence-electron chi connectivity index (χ0n) is 14.0. The Balaban J connectivity index is 2.42. The summed E-state index contributed by atoms with van der Waals surface area (Å²) < 4.78 is 13.0. The van der Waals surface area contributed by atoms with Gasteiger partial charge in [-0.1, -0.05) is 38.5 Å². The average Bonchev–Trinajstić information content (AvgIpc) is 2.82. The van der Waals surface area contributed by atoms with Crippen LogP contribution in [0, 0.1) is 6.92 Å². The molecule has 1 unspecified atom stereocenters. The van der Waals surface area contributed by atoms with E-state index in [1.165, 1.54) is 11.3 Å². The fourth-order valence-electron chi connectivity index (χ4n) is 2.13. The van der Waals surface area contributed by atoms with Gasteiger partial charge in [0.1, 0.15) is 4.88 Å². The summed E-state index contributed by atoms with van der Waals surface area (Å²) in [5.74, 6) is -1.00. The Morgan fingerprint density at radius 1 is 1.22 bits per heavy atom. The summed E-state index contributed by atoms with van der Waals surface area (Å²) in [5, 5.41) is 13.1. The third-order valence-corrected chi connectivity index (χ3v) is 7.03. The van der Waals surface area contributed by atoms with Gasteiger partial charge < -0.3 is 10.2 Å². The van der Waals surface area contributed by atoms with Gasteiger partial charge >= 0.3 is 5.97 Å². The number of hydrogen-bond donors (Lipinski definition) is 2. The smallest absolute Gasteiger partial charge is 0.348 e. The van der Waals surface area contributed by atoms with Gasteiger partial charge in [-0.15, -0.1) is 11.3 Å². The van der Waals surface area contributed by atoms with E-state index < -0.39 is 13.3 Å². The maximum atomic E-state index is 13.0. The van der Waals surface area contributed by atoms with Gasteiger partial charge in [0.25, 0.3) is 0 Å². The molecule has 1 heterocycles. The van der Waals surface area contributed by atoms with E-state index in [-0.39, 0.29) is 10.3 Å². The van der Waals surface area contributed by atoms with Crippen molar-refractivity contribution < 1.29 is 14.5 Å². The molecule has 0 aliphatic heterocycles. The monoisotopic (exact) mass is 351 g/mol. The van der Waals surface area contributed by atoms with Gasteiger partial charge in [-0.3, -0.25) is 4.57 Å². The van der Waals surface area contributed by atoms with Crippen molar-refractivity contribution in [2.75, 3.05) is 11.8 Å². The second-order valence-electron chi connectivity index (χ2n) is 6.78. The van der Waals surface area contributed by atoms with Gasteiger partial charge in [0, 0.05) is 16.8 Å². The van der Waals surface area contributed by atoms with Crippen molar-refractivity contribution in [1.29, 1.82) is 0 Å². The molecule has 2 aromatic rings. The summed E-state index contributed by atoms with van der Waals surface area (Å²) in [4.78, 5) is 12.7. The Labute approximate surface area is 141 Å². The number of nitrogens with one attached hydrogen (secondary N) is 1. The van der Waals surface area contributed by atoms with Crippen molar-refractivity contribution in [3.8, 4) is 0 Å². The van der Waals surface area contributed by atoms with Gasteiger partial charge in [-0.25, -0.2) is 4.79 Å². The molecule has 0 radical (unpaired) electrons. The third-order valence-electron chi connectivity index (χ3n) is 3.53. The van der Waals surface area contributed by atoms with E-state index in [0.717, 1.165) is 10.4 Å². The molecule has 0 fully saturated rings. The van der Waals surface area contributed by atoms with Gasteiger partial charge in [0.15, 0.2) is 7.29 Å². The van der Waals surface area contributed by atoms with Crippen LogP contribution in [0.2, 0.25) is 0 Å². The van der Waals surface area contributed by atoms with Crippen molar-refractivity contribution in [2.45, 2.75) is 33.1 Å². The van der Waals surface area contributed by atoms with Crippen LogP contribution in [-0.2, 0) is 9.98 Å². The quantitative estimate of drug-likeness (QED) is 0.784. The molecule has 2 rings (SSSR count). The predicted octanol–water partition coefficient (Wildman–Crippen LogP) is 4.70. The third kappa shape index (κ3) is 4.04. The summed E-state index contributed by atoms with van der Waals surface area (Å²) in [6.07, 6.45) is 0. The van der Waals surface area contributed by atoms with Crippen molar-refractivity contribution >= 4 is 35.6 Å². The van der Waals surface area contributed by atoms with Crippen LogP contribution in [0.1, 0.15) is 40.9 Å². The van der Waals surface area contributed by atoms with E-state index in [1.54, 1.807) is 12.7 Å². The van der Waals surface area contributed by atoms with Crippen molar-refractivity contribution in [1.82, 2.24) is 0 Å². The summed E-state index contributed by atoms with van der Waals surface area (Å²) in [6, 6.07) is 9.25. The van der Waals surface area contributed by atoms with Gasteiger partial charge in [0.05, 0.1) is 5.69 Å². The predicted molar refractivity (Wildman–Crippen MR) is 97.9 cm³/mol. The highest BCUT2D eigenvalue weighted by atomic mass is 32.1. The van der Waals surface area contributed by atoms with Gasteiger partial charge in [0.2, 0.25) is 0 Å².